The first-order valence-corrected chi connectivity index (χ1v) is 12.2. The molecule has 0 spiro atoms. The number of carbonyl (C=O) groups is 1. The molecule has 0 saturated carbocycles. The first-order chi connectivity index (χ1) is 10.6. The van der Waals surface area contributed by atoms with E-state index in [9.17, 15) is 4.79 Å². The van der Waals surface area contributed by atoms with Crippen LogP contribution in [-0.2, 0) is 9.53 Å². The Morgan fingerprint density at radius 1 is 1.09 bits per heavy atom. The van der Waals surface area contributed by atoms with E-state index in [1.807, 2.05) is 6.92 Å². The molecule has 0 aromatic rings. The predicted octanol–water partition coefficient (Wildman–Crippen LogP) is 2.88. The highest BCUT2D eigenvalue weighted by atomic mass is 28.3. The Morgan fingerprint density at radius 3 is 2.36 bits per heavy atom. The van der Waals surface area contributed by atoms with Gasteiger partial charge in [-0.05, 0) is 26.3 Å². The van der Waals surface area contributed by atoms with Crippen molar-refractivity contribution in [1.29, 1.82) is 0 Å². The van der Waals surface area contributed by atoms with Gasteiger partial charge in [-0.3, -0.25) is 14.6 Å². The molecule has 1 rings (SSSR count). The fourth-order valence-corrected chi connectivity index (χ4v) is 5.80. The zero-order chi connectivity index (χ0) is 16.4. The minimum absolute atomic E-state index is 0.0493. The first kappa shape index (κ1) is 19.7. The molecule has 1 heterocycles. The van der Waals surface area contributed by atoms with Crippen molar-refractivity contribution in [1.82, 2.24) is 9.80 Å². The Morgan fingerprint density at radius 2 is 1.77 bits per heavy atom. The molecule has 1 unspecified atom stereocenters. The number of hydrogen-bond acceptors (Lipinski definition) is 4. The van der Waals surface area contributed by atoms with Crippen LogP contribution in [0.5, 0.6) is 0 Å². The van der Waals surface area contributed by atoms with E-state index in [-0.39, 0.29) is 5.97 Å². The molecule has 22 heavy (non-hydrogen) atoms. The van der Waals surface area contributed by atoms with E-state index in [1.165, 1.54) is 45.2 Å². The van der Waals surface area contributed by atoms with Crippen LogP contribution in [0.3, 0.4) is 0 Å². The summed E-state index contributed by atoms with van der Waals surface area (Å²) in [7, 11) is -0.806. The van der Waals surface area contributed by atoms with E-state index >= 15 is 0 Å². The topological polar surface area (TPSA) is 32.8 Å². The number of esters is 1. The van der Waals surface area contributed by atoms with Crippen LogP contribution in [0.2, 0.25) is 13.1 Å². The molecular formula is C17H36N2O2Si. The van der Waals surface area contributed by atoms with E-state index in [2.05, 4.69) is 29.8 Å². The third kappa shape index (κ3) is 6.80. The number of unbranched alkanes of at least 4 members (excludes halogenated alkanes) is 3. The lowest BCUT2D eigenvalue weighted by Gasteiger charge is -2.46. The summed E-state index contributed by atoms with van der Waals surface area (Å²) >= 11 is 0. The van der Waals surface area contributed by atoms with E-state index in [1.54, 1.807) is 0 Å². The Labute approximate surface area is 138 Å². The van der Waals surface area contributed by atoms with Gasteiger partial charge in [0.2, 0.25) is 0 Å². The standard InChI is InChI=1S/C17H36N2O2Si/c1-5-7-8-9-12-18-13-10-14-19(17(18)22(3)4)15-11-16(20)21-6-2/h17,22H,5-15H2,1-4H3. The minimum atomic E-state index is -0.806. The van der Waals surface area contributed by atoms with Crippen LogP contribution in [0.1, 0.15) is 52.4 Å². The molecule has 0 radical (unpaired) electrons. The minimum Gasteiger partial charge on any atom is -0.466 e. The van der Waals surface area contributed by atoms with Gasteiger partial charge in [0.1, 0.15) is 0 Å². The number of nitrogens with zero attached hydrogens (tertiary/aromatic N) is 2. The molecule has 5 heteroatoms. The molecule has 1 atom stereocenters. The Bertz CT molecular complexity index is 313. The van der Waals surface area contributed by atoms with Gasteiger partial charge in [-0.1, -0.05) is 39.3 Å². The molecule has 0 aliphatic carbocycles. The zero-order valence-electron chi connectivity index (χ0n) is 15.1. The van der Waals surface area contributed by atoms with E-state index in [0.717, 1.165) is 13.1 Å². The van der Waals surface area contributed by atoms with E-state index in [4.69, 9.17) is 4.74 Å². The molecule has 130 valence electrons. The molecular weight excluding hydrogens is 292 g/mol. The largest absolute Gasteiger partial charge is 0.466 e. The van der Waals surface area contributed by atoms with Gasteiger partial charge in [0, 0.05) is 25.4 Å². The predicted molar refractivity (Wildman–Crippen MR) is 95.8 cm³/mol. The lowest BCUT2D eigenvalue weighted by Crippen LogP contribution is -2.59. The average Bonchev–Trinajstić information content (AvgIpc) is 2.49. The monoisotopic (exact) mass is 328 g/mol. The van der Waals surface area contributed by atoms with Crippen LogP contribution in [0, 0.1) is 0 Å². The fraction of sp³-hybridized carbons (Fsp3) is 0.941. The highest BCUT2D eigenvalue weighted by molar-refractivity contribution is 6.57. The highest BCUT2D eigenvalue weighted by Gasteiger charge is 2.31. The van der Waals surface area contributed by atoms with Crippen LogP contribution in [0.4, 0.5) is 0 Å². The van der Waals surface area contributed by atoms with E-state index in [0.29, 0.717) is 18.8 Å². The van der Waals surface area contributed by atoms with Gasteiger partial charge in [0.25, 0.3) is 0 Å². The van der Waals surface area contributed by atoms with Crippen molar-refractivity contribution in [3.8, 4) is 0 Å². The number of ether oxygens (including phenoxy) is 1. The summed E-state index contributed by atoms with van der Waals surface area (Å²) in [6.45, 7) is 14.0. The highest BCUT2D eigenvalue weighted by Crippen LogP contribution is 2.19. The SMILES string of the molecule is CCCCCCN1CCCN(CCC(=O)OCC)C1[SiH](C)C. The Kier molecular flexibility index (Phi) is 10.00. The molecule has 1 aliphatic heterocycles. The Balaban J connectivity index is 2.50. The first-order valence-electron chi connectivity index (χ1n) is 9.23. The summed E-state index contributed by atoms with van der Waals surface area (Å²) in [5, 5.41) is 0. The van der Waals surface area contributed by atoms with Crippen LogP contribution < -0.4 is 0 Å². The van der Waals surface area contributed by atoms with Gasteiger partial charge in [-0.25, -0.2) is 0 Å². The molecule has 1 aliphatic rings. The van der Waals surface area contributed by atoms with Gasteiger partial charge >= 0.3 is 5.97 Å². The third-order valence-electron chi connectivity index (χ3n) is 4.44. The van der Waals surface area contributed by atoms with Gasteiger partial charge in [0.05, 0.1) is 21.8 Å². The molecule has 1 fully saturated rings. The van der Waals surface area contributed by atoms with Crippen molar-refractivity contribution < 1.29 is 9.53 Å². The van der Waals surface area contributed by atoms with E-state index < -0.39 is 8.80 Å². The van der Waals surface area contributed by atoms with Crippen molar-refractivity contribution in [3.05, 3.63) is 0 Å². The summed E-state index contributed by atoms with van der Waals surface area (Å²) < 4.78 is 5.08. The van der Waals surface area contributed by atoms with Crippen molar-refractivity contribution in [3.63, 3.8) is 0 Å². The smallest absolute Gasteiger partial charge is 0.307 e. The number of rotatable bonds is 10. The van der Waals surface area contributed by atoms with Crippen molar-refractivity contribution in [2.24, 2.45) is 0 Å². The van der Waals surface area contributed by atoms with Crippen LogP contribution in [-0.4, -0.2) is 63.1 Å². The van der Waals surface area contributed by atoms with Crippen molar-refractivity contribution in [2.75, 3.05) is 32.8 Å². The average molecular weight is 329 g/mol. The fourth-order valence-electron chi connectivity index (χ4n) is 3.51. The normalized spacial score (nSPS) is 20.5. The van der Waals surface area contributed by atoms with Crippen molar-refractivity contribution in [2.45, 2.75) is 71.3 Å². The molecule has 0 N–H and O–H groups in total. The maximum Gasteiger partial charge on any atom is 0.307 e. The van der Waals surface area contributed by atoms with Gasteiger partial charge < -0.3 is 4.74 Å². The second-order valence-corrected chi connectivity index (χ2v) is 9.78. The summed E-state index contributed by atoms with van der Waals surface area (Å²) in [4.78, 5) is 16.9. The van der Waals surface area contributed by atoms with Crippen LogP contribution in [0.25, 0.3) is 0 Å². The zero-order valence-corrected chi connectivity index (χ0v) is 16.3. The summed E-state index contributed by atoms with van der Waals surface area (Å²) in [6, 6.07) is 0. The molecule has 4 nitrogen and oxygen atoms in total. The van der Waals surface area contributed by atoms with Crippen LogP contribution >= 0.6 is 0 Å². The molecule has 0 aromatic carbocycles. The summed E-state index contributed by atoms with van der Waals surface area (Å²) in [5.41, 5.74) is 0. The molecule has 0 aromatic heterocycles. The lowest BCUT2D eigenvalue weighted by molar-refractivity contribution is -0.143. The maximum atomic E-state index is 11.6. The Hall–Kier alpha value is -0.393. The van der Waals surface area contributed by atoms with Crippen molar-refractivity contribution >= 4 is 14.8 Å². The maximum absolute atomic E-state index is 11.6. The second-order valence-electron chi connectivity index (χ2n) is 6.70. The third-order valence-corrected chi connectivity index (χ3v) is 6.48. The lowest BCUT2D eigenvalue weighted by atomic mass is 10.2. The molecule has 1 saturated heterocycles. The van der Waals surface area contributed by atoms with Gasteiger partial charge in [0.15, 0.2) is 0 Å². The second kappa shape index (κ2) is 11.2. The molecule has 0 bridgehead atoms. The number of carbonyl (C=O) groups excluding carboxylic acids is 1. The molecule has 0 amide bonds. The van der Waals surface area contributed by atoms with Gasteiger partial charge in [-0.15, -0.1) is 0 Å². The number of hydrogen-bond donors (Lipinski definition) is 0. The van der Waals surface area contributed by atoms with Crippen LogP contribution in [0.15, 0.2) is 0 Å². The van der Waals surface area contributed by atoms with Gasteiger partial charge in [-0.2, -0.15) is 0 Å². The summed E-state index contributed by atoms with van der Waals surface area (Å²) in [6.07, 6.45) is 7.08. The summed E-state index contributed by atoms with van der Waals surface area (Å²) in [5.74, 6) is 0.566. The quantitative estimate of drug-likeness (QED) is 0.351.